The number of amides is 1. The van der Waals surface area contributed by atoms with Gasteiger partial charge in [0.1, 0.15) is 0 Å². The number of nitrogens with zero attached hydrogens (tertiary/aromatic N) is 1. The third kappa shape index (κ3) is 3.96. The highest BCUT2D eigenvalue weighted by Gasteiger charge is 2.22. The van der Waals surface area contributed by atoms with E-state index in [1.54, 1.807) is 12.1 Å². The predicted molar refractivity (Wildman–Crippen MR) is 89.0 cm³/mol. The minimum absolute atomic E-state index is 0.174. The molecule has 1 unspecified atom stereocenters. The molecule has 0 aliphatic carbocycles. The number of H-pyrrole nitrogens is 1. The lowest BCUT2D eigenvalue weighted by Gasteiger charge is -2.24. The summed E-state index contributed by atoms with van der Waals surface area (Å²) in [6.07, 6.45) is 0. The normalized spacial score (nSPS) is 12.8. The van der Waals surface area contributed by atoms with Crippen LogP contribution in [0.25, 0.3) is 10.9 Å². The van der Waals surface area contributed by atoms with Gasteiger partial charge >= 0.3 is 0 Å². The Kier molecular flexibility index (Phi) is 4.52. The van der Waals surface area contributed by atoms with Crippen LogP contribution in [0.5, 0.6) is 0 Å². The molecule has 0 spiro atoms. The molecule has 2 rings (SSSR count). The number of carbonyl (C=O) groups excluding carboxylic acids is 1. The maximum atomic E-state index is 12.3. The Morgan fingerprint density at radius 3 is 2.65 bits per heavy atom. The smallest absolute Gasteiger partial charge is 0.227 e. The average Bonchev–Trinajstić information content (AvgIpc) is 2.45. The summed E-state index contributed by atoms with van der Waals surface area (Å²) in [4.78, 5) is 27.2. The van der Waals surface area contributed by atoms with Crippen molar-refractivity contribution in [2.24, 2.45) is 5.73 Å². The Bertz CT molecular complexity index is 840. The second kappa shape index (κ2) is 6.23. The van der Waals surface area contributed by atoms with Gasteiger partial charge in [-0.25, -0.2) is 0 Å². The van der Waals surface area contributed by atoms with Crippen LogP contribution in [0.3, 0.4) is 0 Å². The predicted octanol–water partition coefficient (Wildman–Crippen LogP) is 1.36. The van der Waals surface area contributed by atoms with Crippen LogP contribution in [0.4, 0.5) is 0 Å². The minimum atomic E-state index is -0.637. The molecule has 4 N–H and O–H groups in total. The number of fused-ring (bicyclic) bond motifs is 1. The van der Waals surface area contributed by atoms with Crippen molar-refractivity contribution in [1.82, 2.24) is 10.3 Å². The molecular weight excluding hydrogens is 292 g/mol. The van der Waals surface area contributed by atoms with E-state index in [1.165, 1.54) is 12.1 Å². The summed E-state index contributed by atoms with van der Waals surface area (Å²) in [6, 6.07) is 8.19. The Hall–Kier alpha value is -2.65. The van der Waals surface area contributed by atoms with Crippen molar-refractivity contribution in [2.45, 2.75) is 32.2 Å². The topological polar surface area (TPSA) is 112 Å². The quantitative estimate of drug-likeness (QED) is 0.791. The van der Waals surface area contributed by atoms with Crippen LogP contribution < -0.4 is 16.5 Å². The summed E-state index contributed by atoms with van der Waals surface area (Å²) in [5.74, 6) is -1.15. The molecule has 120 valence electrons. The largest absolute Gasteiger partial charge is 0.369 e. The third-order valence-electron chi connectivity index (χ3n) is 3.54. The Morgan fingerprint density at radius 1 is 1.39 bits per heavy atom. The first-order valence-electron chi connectivity index (χ1n) is 7.33. The number of nitrogens with two attached hydrogens (primary N) is 1. The summed E-state index contributed by atoms with van der Waals surface area (Å²) in [6.45, 7) is 6.28. The molecule has 6 heteroatoms. The molecule has 0 saturated carbocycles. The first kappa shape index (κ1) is 16.7. The van der Waals surface area contributed by atoms with Gasteiger partial charge in [-0.2, -0.15) is 5.26 Å². The fraction of sp³-hybridized carbons (Fsp3) is 0.353. The van der Waals surface area contributed by atoms with Gasteiger partial charge in [0.15, 0.2) is 5.43 Å². The van der Waals surface area contributed by atoms with E-state index in [1.807, 2.05) is 26.8 Å². The van der Waals surface area contributed by atoms with Gasteiger partial charge in [-0.3, -0.25) is 9.59 Å². The Balaban J connectivity index is 2.46. The highest BCUT2D eigenvalue weighted by Crippen LogP contribution is 2.17. The van der Waals surface area contributed by atoms with Gasteiger partial charge in [0.25, 0.3) is 0 Å². The van der Waals surface area contributed by atoms with Crippen LogP contribution in [0, 0.1) is 11.3 Å². The summed E-state index contributed by atoms with van der Waals surface area (Å²) in [7, 11) is 0. The van der Waals surface area contributed by atoms with E-state index in [4.69, 9.17) is 11.0 Å². The fourth-order valence-electron chi connectivity index (χ4n) is 2.30. The first-order valence-corrected chi connectivity index (χ1v) is 7.33. The molecule has 0 radical (unpaired) electrons. The molecule has 23 heavy (non-hydrogen) atoms. The van der Waals surface area contributed by atoms with Crippen molar-refractivity contribution < 1.29 is 4.79 Å². The molecule has 1 aromatic carbocycles. The van der Waals surface area contributed by atoms with E-state index >= 15 is 0 Å². The summed E-state index contributed by atoms with van der Waals surface area (Å²) in [5.41, 5.74) is 6.54. The number of pyridine rings is 1. The molecule has 0 bridgehead atoms. The van der Waals surface area contributed by atoms with Crippen LogP contribution >= 0.6 is 0 Å². The van der Waals surface area contributed by atoms with Gasteiger partial charge in [0, 0.05) is 34.7 Å². The molecule has 1 heterocycles. The number of primary amides is 1. The van der Waals surface area contributed by atoms with E-state index in [9.17, 15) is 9.59 Å². The monoisotopic (exact) mass is 312 g/mol. The minimum Gasteiger partial charge on any atom is -0.369 e. The van der Waals surface area contributed by atoms with E-state index in [-0.39, 0.29) is 11.0 Å². The van der Waals surface area contributed by atoms with Crippen LogP contribution in [-0.2, 0) is 4.79 Å². The number of nitrogens with one attached hydrogen (secondary N) is 2. The number of benzene rings is 1. The number of nitriles is 1. The van der Waals surface area contributed by atoms with Gasteiger partial charge in [0.2, 0.25) is 5.91 Å². The van der Waals surface area contributed by atoms with Crippen molar-refractivity contribution in [3.05, 3.63) is 45.7 Å². The lowest BCUT2D eigenvalue weighted by Crippen LogP contribution is -2.41. The zero-order valence-electron chi connectivity index (χ0n) is 13.4. The molecule has 6 nitrogen and oxygen atoms in total. The van der Waals surface area contributed by atoms with Crippen molar-refractivity contribution in [3.8, 4) is 6.07 Å². The van der Waals surface area contributed by atoms with Gasteiger partial charge in [-0.1, -0.05) is 0 Å². The van der Waals surface area contributed by atoms with Crippen molar-refractivity contribution in [3.63, 3.8) is 0 Å². The van der Waals surface area contributed by atoms with Crippen molar-refractivity contribution in [2.75, 3.05) is 6.54 Å². The fourth-order valence-corrected chi connectivity index (χ4v) is 2.30. The zero-order chi connectivity index (χ0) is 17.2. The highest BCUT2D eigenvalue weighted by atomic mass is 16.1. The molecule has 0 aliphatic heterocycles. The van der Waals surface area contributed by atoms with Gasteiger partial charge in [-0.05, 0) is 39.0 Å². The highest BCUT2D eigenvalue weighted by molar-refractivity contribution is 5.84. The van der Waals surface area contributed by atoms with Crippen molar-refractivity contribution in [1.29, 1.82) is 5.26 Å². The lowest BCUT2D eigenvalue weighted by atomic mass is 10.00. The molecule has 0 aliphatic rings. The molecule has 2 aromatic rings. The van der Waals surface area contributed by atoms with Gasteiger partial charge < -0.3 is 16.0 Å². The lowest BCUT2D eigenvalue weighted by molar-refractivity contribution is -0.119. The number of carbonyl (C=O) groups is 1. The molecule has 0 fully saturated rings. The SMILES string of the molecule is CC(C)(C)NCC(C(N)=O)c1cc(=O)c2cc(C#N)ccc2[nH]1. The molecule has 1 amide bonds. The number of aromatic amines is 1. The second-order valence-electron chi connectivity index (χ2n) is 6.55. The molecular formula is C17H20N4O2. The Labute approximate surface area is 134 Å². The summed E-state index contributed by atoms with van der Waals surface area (Å²) in [5, 5.41) is 12.6. The van der Waals surface area contributed by atoms with Crippen LogP contribution in [-0.4, -0.2) is 23.0 Å². The number of hydrogen-bond acceptors (Lipinski definition) is 4. The molecule has 1 aromatic heterocycles. The van der Waals surface area contributed by atoms with E-state index in [2.05, 4.69) is 10.3 Å². The number of rotatable bonds is 4. The van der Waals surface area contributed by atoms with E-state index in [0.717, 1.165) is 0 Å². The third-order valence-corrected chi connectivity index (χ3v) is 3.54. The summed E-state index contributed by atoms with van der Waals surface area (Å²) < 4.78 is 0. The van der Waals surface area contributed by atoms with Gasteiger partial charge in [-0.15, -0.1) is 0 Å². The van der Waals surface area contributed by atoms with Crippen LogP contribution in [0.1, 0.15) is 37.9 Å². The Morgan fingerprint density at radius 2 is 2.09 bits per heavy atom. The second-order valence-corrected chi connectivity index (χ2v) is 6.55. The maximum absolute atomic E-state index is 12.3. The number of hydrogen-bond donors (Lipinski definition) is 3. The van der Waals surface area contributed by atoms with E-state index in [0.29, 0.717) is 28.7 Å². The molecule has 1 atom stereocenters. The number of aromatic nitrogens is 1. The van der Waals surface area contributed by atoms with Gasteiger partial charge in [0.05, 0.1) is 17.6 Å². The standard InChI is InChI=1S/C17H20N4O2/c1-17(2,3)20-9-12(16(19)23)14-7-15(22)11-6-10(8-18)4-5-13(11)21-14/h4-7,12,20H,9H2,1-3H3,(H2,19,23)(H,21,22). The average molecular weight is 312 g/mol. The summed E-state index contributed by atoms with van der Waals surface area (Å²) >= 11 is 0. The van der Waals surface area contributed by atoms with Crippen molar-refractivity contribution >= 4 is 16.8 Å². The maximum Gasteiger partial charge on any atom is 0.227 e. The zero-order valence-corrected chi connectivity index (χ0v) is 13.4. The molecule has 0 saturated heterocycles. The first-order chi connectivity index (χ1) is 10.7. The van der Waals surface area contributed by atoms with Crippen LogP contribution in [0.15, 0.2) is 29.1 Å². The van der Waals surface area contributed by atoms with Crippen LogP contribution in [0.2, 0.25) is 0 Å². The van der Waals surface area contributed by atoms with E-state index < -0.39 is 11.8 Å².